The van der Waals surface area contributed by atoms with Crippen molar-refractivity contribution in [3.05, 3.63) is 119 Å². The van der Waals surface area contributed by atoms with Crippen molar-refractivity contribution in [1.29, 1.82) is 0 Å². The number of rotatable bonds is 9. The Kier molecular flexibility index (Phi) is 7.00. The lowest BCUT2D eigenvalue weighted by molar-refractivity contribution is 0.0928. The van der Waals surface area contributed by atoms with Gasteiger partial charge in [0.1, 0.15) is 12.4 Å². The molecule has 0 atom stereocenters. The third-order valence-corrected chi connectivity index (χ3v) is 5.62. The van der Waals surface area contributed by atoms with Crippen molar-refractivity contribution >= 4 is 5.91 Å². The number of hydrogen-bond acceptors (Lipinski definition) is 6. The molecule has 1 N–H and O–H groups in total. The van der Waals surface area contributed by atoms with Gasteiger partial charge in [-0.15, -0.1) is 10.2 Å². The first-order valence-corrected chi connectivity index (χ1v) is 11.6. The molecule has 7 heteroatoms. The molecule has 2 heterocycles. The SMILES string of the molecule is Cc1cccc(-c2nnc(-c3ccc(C(=O)NCc4cccc(COCc5ccco5)c4)cc3)o2)c1. The zero-order valence-corrected chi connectivity index (χ0v) is 19.8. The van der Waals surface area contributed by atoms with E-state index >= 15 is 0 Å². The number of benzene rings is 3. The molecular formula is C29H25N3O4. The molecular weight excluding hydrogens is 454 g/mol. The van der Waals surface area contributed by atoms with Gasteiger partial charge in [-0.3, -0.25) is 4.79 Å². The zero-order valence-electron chi connectivity index (χ0n) is 19.8. The summed E-state index contributed by atoms with van der Waals surface area (Å²) in [4.78, 5) is 12.7. The Balaban J connectivity index is 1.16. The van der Waals surface area contributed by atoms with Crippen LogP contribution in [0.25, 0.3) is 22.9 Å². The van der Waals surface area contributed by atoms with Crippen LogP contribution in [0.4, 0.5) is 0 Å². The van der Waals surface area contributed by atoms with Crippen molar-refractivity contribution in [2.75, 3.05) is 0 Å². The summed E-state index contributed by atoms with van der Waals surface area (Å²) in [6, 6.07) is 26.7. The minimum Gasteiger partial charge on any atom is -0.467 e. The van der Waals surface area contributed by atoms with E-state index in [0.29, 0.717) is 37.1 Å². The summed E-state index contributed by atoms with van der Waals surface area (Å²) in [5.74, 6) is 1.50. The van der Waals surface area contributed by atoms with Gasteiger partial charge in [-0.05, 0) is 66.6 Å². The van der Waals surface area contributed by atoms with E-state index in [0.717, 1.165) is 33.6 Å². The number of hydrogen-bond donors (Lipinski definition) is 1. The molecule has 0 bridgehead atoms. The second kappa shape index (κ2) is 10.8. The van der Waals surface area contributed by atoms with Gasteiger partial charge in [0.25, 0.3) is 5.91 Å². The second-order valence-corrected chi connectivity index (χ2v) is 8.43. The highest BCUT2D eigenvalue weighted by molar-refractivity contribution is 5.94. The van der Waals surface area contributed by atoms with Crippen LogP contribution < -0.4 is 5.32 Å². The van der Waals surface area contributed by atoms with Crippen LogP contribution in [0.5, 0.6) is 0 Å². The fourth-order valence-electron chi connectivity index (χ4n) is 3.78. The van der Waals surface area contributed by atoms with Crippen molar-refractivity contribution < 1.29 is 18.4 Å². The third kappa shape index (κ3) is 5.76. The average molecular weight is 480 g/mol. The number of amides is 1. The first-order valence-electron chi connectivity index (χ1n) is 11.6. The Bertz CT molecular complexity index is 1440. The van der Waals surface area contributed by atoms with Crippen LogP contribution in [0.15, 0.2) is 100 Å². The molecule has 1 amide bonds. The Hall–Kier alpha value is -4.49. The molecule has 3 aromatic carbocycles. The molecule has 0 saturated carbocycles. The second-order valence-electron chi connectivity index (χ2n) is 8.43. The highest BCUT2D eigenvalue weighted by Gasteiger charge is 2.12. The van der Waals surface area contributed by atoms with Gasteiger partial charge in [0.2, 0.25) is 11.8 Å². The quantitative estimate of drug-likeness (QED) is 0.281. The summed E-state index contributed by atoms with van der Waals surface area (Å²) in [5, 5.41) is 11.3. The van der Waals surface area contributed by atoms with Crippen molar-refractivity contribution in [3.8, 4) is 22.9 Å². The first-order chi connectivity index (χ1) is 17.6. The predicted octanol–water partition coefficient (Wildman–Crippen LogP) is 5.95. The Morgan fingerprint density at radius 2 is 1.61 bits per heavy atom. The molecule has 180 valence electrons. The summed E-state index contributed by atoms with van der Waals surface area (Å²) in [7, 11) is 0. The first kappa shape index (κ1) is 23.3. The monoisotopic (exact) mass is 479 g/mol. The van der Waals surface area contributed by atoms with E-state index in [1.165, 1.54) is 0 Å². The number of aryl methyl sites for hydroxylation is 1. The van der Waals surface area contributed by atoms with Gasteiger partial charge in [0.05, 0.1) is 12.9 Å². The minimum atomic E-state index is -0.160. The fourth-order valence-corrected chi connectivity index (χ4v) is 3.78. The number of nitrogens with zero attached hydrogens (tertiary/aromatic N) is 2. The van der Waals surface area contributed by atoms with Crippen LogP contribution in [0, 0.1) is 6.92 Å². The molecule has 0 spiro atoms. The number of furan rings is 1. The number of carbonyl (C=O) groups excluding carboxylic acids is 1. The molecule has 0 radical (unpaired) electrons. The topological polar surface area (TPSA) is 90.4 Å². The fraction of sp³-hybridized carbons (Fsp3) is 0.138. The number of carbonyl (C=O) groups is 1. The summed E-state index contributed by atoms with van der Waals surface area (Å²) < 4.78 is 16.8. The maximum absolute atomic E-state index is 12.7. The van der Waals surface area contributed by atoms with E-state index in [1.807, 2.05) is 67.6 Å². The molecule has 36 heavy (non-hydrogen) atoms. The van der Waals surface area contributed by atoms with Gasteiger partial charge >= 0.3 is 0 Å². The average Bonchev–Trinajstić information content (AvgIpc) is 3.61. The molecule has 5 rings (SSSR count). The van der Waals surface area contributed by atoms with Gasteiger partial charge < -0.3 is 18.9 Å². The van der Waals surface area contributed by atoms with E-state index in [1.54, 1.807) is 30.5 Å². The lowest BCUT2D eigenvalue weighted by atomic mass is 10.1. The van der Waals surface area contributed by atoms with Crippen molar-refractivity contribution in [3.63, 3.8) is 0 Å². The molecule has 0 aliphatic carbocycles. The van der Waals surface area contributed by atoms with Crippen LogP contribution in [0.3, 0.4) is 0 Å². The van der Waals surface area contributed by atoms with Crippen LogP contribution in [-0.4, -0.2) is 16.1 Å². The molecule has 0 saturated heterocycles. The maximum Gasteiger partial charge on any atom is 0.251 e. The van der Waals surface area contributed by atoms with Crippen LogP contribution in [0.1, 0.15) is 32.8 Å². The van der Waals surface area contributed by atoms with Crippen LogP contribution in [-0.2, 0) is 24.5 Å². The predicted molar refractivity (Wildman–Crippen MR) is 135 cm³/mol. The van der Waals surface area contributed by atoms with Gasteiger partial charge in [-0.1, -0.05) is 42.0 Å². The van der Waals surface area contributed by atoms with Gasteiger partial charge in [0, 0.05) is 23.2 Å². The van der Waals surface area contributed by atoms with Crippen molar-refractivity contribution in [1.82, 2.24) is 15.5 Å². The van der Waals surface area contributed by atoms with Crippen LogP contribution >= 0.6 is 0 Å². The van der Waals surface area contributed by atoms with Gasteiger partial charge in [-0.2, -0.15) is 0 Å². The summed E-state index contributed by atoms with van der Waals surface area (Å²) >= 11 is 0. The lowest BCUT2D eigenvalue weighted by Crippen LogP contribution is -2.22. The third-order valence-electron chi connectivity index (χ3n) is 5.62. The largest absolute Gasteiger partial charge is 0.467 e. The van der Waals surface area contributed by atoms with E-state index in [-0.39, 0.29) is 5.91 Å². The smallest absolute Gasteiger partial charge is 0.251 e. The summed E-state index contributed by atoms with van der Waals surface area (Å²) in [6.07, 6.45) is 1.63. The standard InChI is InChI=1S/C29H25N3O4/c1-20-5-2-8-25(15-20)29-32-31-28(36-29)24-12-10-23(11-13-24)27(33)30-17-21-6-3-7-22(16-21)18-34-19-26-9-4-14-35-26/h2-16H,17-19H2,1H3,(H,30,33). The molecule has 5 aromatic rings. The maximum atomic E-state index is 12.7. The molecule has 2 aromatic heterocycles. The molecule has 0 fully saturated rings. The zero-order chi connectivity index (χ0) is 24.7. The lowest BCUT2D eigenvalue weighted by Gasteiger charge is -2.08. The highest BCUT2D eigenvalue weighted by Crippen LogP contribution is 2.24. The summed E-state index contributed by atoms with van der Waals surface area (Å²) in [6.45, 7) is 3.31. The van der Waals surface area contributed by atoms with E-state index in [9.17, 15) is 4.79 Å². The molecule has 0 unspecified atom stereocenters. The molecule has 7 nitrogen and oxygen atoms in total. The van der Waals surface area contributed by atoms with Crippen molar-refractivity contribution in [2.45, 2.75) is 26.7 Å². The van der Waals surface area contributed by atoms with Crippen molar-refractivity contribution in [2.24, 2.45) is 0 Å². The summed E-state index contributed by atoms with van der Waals surface area (Å²) in [5.41, 5.74) is 5.32. The van der Waals surface area contributed by atoms with E-state index in [2.05, 4.69) is 15.5 Å². The normalized spacial score (nSPS) is 10.9. The Labute approximate surface area is 208 Å². The number of nitrogens with one attached hydrogen (secondary N) is 1. The Morgan fingerprint density at radius 1 is 0.833 bits per heavy atom. The molecule has 0 aliphatic rings. The minimum absolute atomic E-state index is 0.160. The van der Waals surface area contributed by atoms with E-state index in [4.69, 9.17) is 13.6 Å². The van der Waals surface area contributed by atoms with Gasteiger partial charge in [-0.25, -0.2) is 0 Å². The van der Waals surface area contributed by atoms with Gasteiger partial charge in [0.15, 0.2) is 0 Å². The number of aromatic nitrogens is 2. The highest BCUT2D eigenvalue weighted by atomic mass is 16.5. The number of ether oxygens (including phenoxy) is 1. The van der Waals surface area contributed by atoms with E-state index < -0.39 is 0 Å². The molecule has 0 aliphatic heterocycles. The van der Waals surface area contributed by atoms with Crippen LogP contribution in [0.2, 0.25) is 0 Å². The Morgan fingerprint density at radius 3 is 2.39 bits per heavy atom.